The van der Waals surface area contributed by atoms with Gasteiger partial charge in [-0.25, -0.2) is 14.4 Å². The monoisotopic (exact) mass is 479 g/mol. The normalized spacial score (nSPS) is 16.1. The molecule has 176 valence electrons. The second kappa shape index (κ2) is 8.77. The molecule has 0 spiro atoms. The molecule has 0 radical (unpaired) electrons. The molecule has 9 heteroatoms. The van der Waals surface area contributed by atoms with Gasteiger partial charge >= 0.3 is 0 Å². The molecule has 1 aliphatic rings. The van der Waals surface area contributed by atoms with Crippen molar-refractivity contribution in [1.82, 2.24) is 19.4 Å². The number of hydrogen-bond donors (Lipinski definition) is 2. The van der Waals surface area contributed by atoms with Gasteiger partial charge in [-0.15, -0.1) is 0 Å². The van der Waals surface area contributed by atoms with E-state index in [-0.39, 0.29) is 5.82 Å². The number of hydrogen-bond acceptors (Lipinski definition) is 6. The molecule has 0 amide bonds. The predicted molar refractivity (Wildman–Crippen MR) is 137 cm³/mol. The summed E-state index contributed by atoms with van der Waals surface area (Å²) in [6.45, 7) is 1.94. The number of benzene rings is 2. The van der Waals surface area contributed by atoms with E-state index in [4.69, 9.17) is 17.3 Å². The van der Waals surface area contributed by atoms with Gasteiger partial charge in [-0.1, -0.05) is 23.7 Å². The van der Waals surface area contributed by atoms with Gasteiger partial charge in [0, 0.05) is 49.0 Å². The zero-order valence-electron chi connectivity index (χ0n) is 19.4. The van der Waals surface area contributed by atoms with E-state index in [0.29, 0.717) is 33.9 Å². The molecule has 1 fully saturated rings. The fourth-order valence-electron chi connectivity index (χ4n) is 4.66. The lowest BCUT2D eigenvalue weighted by Gasteiger charge is -2.23. The summed E-state index contributed by atoms with van der Waals surface area (Å²) in [5.41, 5.74) is 10.7. The molecule has 7 nitrogen and oxygen atoms in total. The Morgan fingerprint density at radius 1 is 1.24 bits per heavy atom. The molecule has 5 rings (SSSR count). The third-order valence-electron chi connectivity index (χ3n) is 6.47. The first-order valence-corrected chi connectivity index (χ1v) is 11.5. The molecule has 1 aliphatic heterocycles. The van der Waals surface area contributed by atoms with Crippen molar-refractivity contribution in [3.05, 3.63) is 59.6 Å². The molecule has 34 heavy (non-hydrogen) atoms. The number of aryl methyl sites for hydroxylation is 1. The van der Waals surface area contributed by atoms with E-state index in [1.54, 1.807) is 23.9 Å². The Balaban J connectivity index is 1.42. The van der Waals surface area contributed by atoms with E-state index < -0.39 is 0 Å². The molecule has 0 unspecified atom stereocenters. The average Bonchev–Trinajstić information content (AvgIpc) is 3.41. The van der Waals surface area contributed by atoms with Crippen molar-refractivity contribution >= 4 is 45.5 Å². The van der Waals surface area contributed by atoms with E-state index in [1.165, 1.54) is 6.07 Å². The minimum absolute atomic E-state index is 0.291. The summed E-state index contributed by atoms with van der Waals surface area (Å²) >= 11 is 6.45. The van der Waals surface area contributed by atoms with Gasteiger partial charge in [0.25, 0.3) is 0 Å². The number of aromatic nitrogens is 3. The van der Waals surface area contributed by atoms with Crippen LogP contribution in [-0.4, -0.2) is 52.7 Å². The van der Waals surface area contributed by atoms with Crippen LogP contribution in [0.3, 0.4) is 0 Å². The summed E-state index contributed by atoms with van der Waals surface area (Å²) in [5.74, 6) is 0.0917. The Morgan fingerprint density at radius 3 is 2.79 bits per heavy atom. The Hall–Kier alpha value is -3.36. The number of nitrogens with two attached hydrogens (primary N) is 1. The predicted octanol–water partition coefficient (Wildman–Crippen LogP) is 4.89. The largest absolute Gasteiger partial charge is 0.397 e. The third kappa shape index (κ3) is 4.03. The molecule has 4 aromatic rings. The number of nitrogen functional groups attached to an aromatic ring is 1. The molecule has 0 saturated carbocycles. The van der Waals surface area contributed by atoms with E-state index >= 15 is 0 Å². The lowest BCUT2D eigenvalue weighted by molar-refractivity contribution is 0.315. The second-order valence-electron chi connectivity index (χ2n) is 8.93. The lowest BCUT2D eigenvalue weighted by Crippen LogP contribution is -2.31. The Kier molecular flexibility index (Phi) is 5.79. The highest BCUT2D eigenvalue weighted by Crippen LogP contribution is 2.35. The van der Waals surface area contributed by atoms with Gasteiger partial charge in [0.1, 0.15) is 5.82 Å². The average molecular weight is 480 g/mol. The molecule has 2 aromatic heterocycles. The summed E-state index contributed by atoms with van der Waals surface area (Å²) in [6, 6.07) is 11.4. The maximum Gasteiger partial charge on any atom is 0.227 e. The number of halogens is 2. The summed E-state index contributed by atoms with van der Waals surface area (Å²) in [7, 11) is 6.02. The molecular formula is C25H27ClFN7. The van der Waals surface area contributed by atoms with E-state index in [0.717, 1.165) is 41.8 Å². The number of nitrogens with one attached hydrogen (secondary N) is 1. The van der Waals surface area contributed by atoms with Crippen LogP contribution >= 0.6 is 11.6 Å². The highest BCUT2D eigenvalue weighted by molar-refractivity contribution is 6.33. The van der Waals surface area contributed by atoms with Crippen LogP contribution in [0.2, 0.25) is 5.02 Å². The topological polar surface area (TPSA) is 75.2 Å². The molecule has 0 aliphatic carbocycles. The van der Waals surface area contributed by atoms with Gasteiger partial charge < -0.3 is 25.4 Å². The zero-order chi connectivity index (χ0) is 24.0. The number of likely N-dealkylation sites (N-methyl/N-ethyl adjacent to an activating group) is 1. The quantitative estimate of drug-likeness (QED) is 0.397. The van der Waals surface area contributed by atoms with Crippen molar-refractivity contribution in [1.29, 1.82) is 0 Å². The van der Waals surface area contributed by atoms with Crippen molar-refractivity contribution in [2.75, 3.05) is 43.1 Å². The number of fused-ring (bicyclic) bond motifs is 1. The molecule has 1 saturated heterocycles. The number of rotatable bonds is 5. The fourth-order valence-corrected chi connectivity index (χ4v) is 4.85. The van der Waals surface area contributed by atoms with Crippen molar-refractivity contribution < 1.29 is 4.39 Å². The minimum Gasteiger partial charge on any atom is -0.397 e. The van der Waals surface area contributed by atoms with Crippen LogP contribution in [0.15, 0.2) is 48.8 Å². The first-order valence-electron chi connectivity index (χ1n) is 11.2. The number of para-hydroxylation sites is 1. The van der Waals surface area contributed by atoms with Crippen molar-refractivity contribution in [2.45, 2.75) is 12.5 Å². The van der Waals surface area contributed by atoms with Gasteiger partial charge in [0.2, 0.25) is 5.95 Å². The van der Waals surface area contributed by atoms with Crippen LogP contribution in [0.25, 0.3) is 22.2 Å². The second-order valence-corrected chi connectivity index (χ2v) is 9.34. The first kappa shape index (κ1) is 22.4. The molecule has 2 aromatic carbocycles. The molecule has 3 heterocycles. The molecule has 0 bridgehead atoms. The number of nitrogens with zero attached hydrogens (tertiary/aromatic N) is 5. The van der Waals surface area contributed by atoms with Crippen molar-refractivity contribution in [2.24, 2.45) is 7.05 Å². The van der Waals surface area contributed by atoms with Crippen LogP contribution in [0.1, 0.15) is 6.42 Å². The lowest BCUT2D eigenvalue weighted by atomic mass is 10.1. The van der Waals surface area contributed by atoms with E-state index in [1.807, 2.05) is 30.5 Å². The van der Waals surface area contributed by atoms with Gasteiger partial charge in [-0.3, -0.25) is 0 Å². The van der Waals surface area contributed by atoms with Gasteiger partial charge in [-0.05, 0) is 44.8 Å². The zero-order valence-corrected chi connectivity index (χ0v) is 20.1. The first-order chi connectivity index (χ1) is 16.3. The van der Waals surface area contributed by atoms with Crippen LogP contribution < -0.4 is 16.0 Å². The Labute approximate surface area is 203 Å². The van der Waals surface area contributed by atoms with Crippen LogP contribution in [0, 0.1) is 5.82 Å². The maximum absolute atomic E-state index is 14.4. The highest BCUT2D eigenvalue weighted by atomic mass is 35.5. The van der Waals surface area contributed by atoms with Gasteiger partial charge in [-0.2, -0.15) is 0 Å². The summed E-state index contributed by atoms with van der Waals surface area (Å²) in [4.78, 5) is 13.5. The van der Waals surface area contributed by atoms with Gasteiger partial charge in [0.15, 0.2) is 0 Å². The fraction of sp³-hybridized carbons (Fsp3) is 0.280. The Bertz CT molecular complexity index is 1370. The SMILES string of the molecule is CN(C)[C@@H]1CCN(c2ccc(Nc3ncc(Cl)c(-c4cn(C)c5c(F)cccc45)n3)cc2N)C1. The standard InChI is InChI=1S/C25H27ClFN7/c1-32(2)16-9-10-34(13-16)22-8-7-15(11-21(22)28)30-25-29-12-19(26)23(31-25)18-14-33(3)24-17(18)5-4-6-20(24)27/h4-8,11-12,14,16H,9-10,13,28H2,1-3H3,(H,29,30,31)/t16-/m1/s1. The van der Waals surface area contributed by atoms with Crippen molar-refractivity contribution in [3.63, 3.8) is 0 Å². The summed E-state index contributed by atoms with van der Waals surface area (Å²) < 4.78 is 16.1. The third-order valence-corrected chi connectivity index (χ3v) is 6.75. The smallest absolute Gasteiger partial charge is 0.227 e. The highest BCUT2D eigenvalue weighted by Gasteiger charge is 2.25. The summed E-state index contributed by atoms with van der Waals surface area (Å²) in [5, 5.41) is 4.36. The molecule has 1 atom stereocenters. The van der Waals surface area contributed by atoms with Crippen molar-refractivity contribution in [3.8, 4) is 11.3 Å². The minimum atomic E-state index is -0.291. The van der Waals surface area contributed by atoms with E-state index in [2.05, 4.69) is 39.2 Å². The maximum atomic E-state index is 14.4. The van der Waals surface area contributed by atoms with E-state index in [9.17, 15) is 4.39 Å². The van der Waals surface area contributed by atoms with Crippen LogP contribution in [0.4, 0.5) is 27.4 Å². The molecule has 3 N–H and O–H groups in total. The number of anilines is 4. The van der Waals surface area contributed by atoms with Crippen LogP contribution in [-0.2, 0) is 7.05 Å². The van der Waals surface area contributed by atoms with Gasteiger partial charge in [0.05, 0.1) is 33.8 Å². The van der Waals surface area contributed by atoms with Crippen LogP contribution in [0.5, 0.6) is 0 Å². The molecular weight excluding hydrogens is 453 g/mol. The Morgan fingerprint density at radius 2 is 2.06 bits per heavy atom. The summed E-state index contributed by atoms with van der Waals surface area (Å²) in [6.07, 6.45) is 4.50.